The molecule has 0 aliphatic rings. The van der Waals surface area contributed by atoms with E-state index < -0.39 is 0 Å². The minimum atomic E-state index is 1.27. The van der Waals surface area contributed by atoms with Gasteiger partial charge in [0, 0.05) is 0 Å². The third kappa shape index (κ3) is 3.60. The average molecular weight is 629 g/mol. The fourth-order valence-corrected chi connectivity index (χ4v) is 9.02. The molecule has 0 bridgehead atoms. The van der Waals surface area contributed by atoms with Crippen molar-refractivity contribution in [3.63, 3.8) is 0 Å². The molecule has 0 heteroatoms. The first-order chi connectivity index (χ1) is 24.7. The van der Waals surface area contributed by atoms with Crippen molar-refractivity contribution in [2.45, 2.75) is 0 Å². The highest BCUT2D eigenvalue weighted by atomic mass is 14.2. The van der Waals surface area contributed by atoms with Gasteiger partial charge in [-0.2, -0.15) is 0 Å². The summed E-state index contributed by atoms with van der Waals surface area (Å²) in [5.41, 5.74) is 0. The minimum absolute atomic E-state index is 1.27. The number of rotatable bonds is 0. The Kier molecular flexibility index (Phi) is 5.06. The monoisotopic (exact) mass is 628 g/mol. The molecular formula is C50H28. The highest BCUT2D eigenvalue weighted by Crippen LogP contribution is 2.42. The summed E-state index contributed by atoms with van der Waals surface area (Å²) in [4.78, 5) is 0. The van der Waals surface area contributed by atoms with Crippen molar-refractivity contribution in [1.29, 1.82) is 0 Å². The van der Waals surface area contributed by atoms with Gasteiger partial charge in [0.25, 0.3) is 0 Å². The van der Waals surface area contributed by atoms with Crippen molar-refractivity contribution in [2.24, 2.45) is 0 Å². The van der Waals surface area contributed by atoms with E-state index in [1.807, 2.05) is 0 Å². The van der Waals surface area contributed by atoms with Gasteiger partial charge in [-0.05, 0) is 167 Å². The molecule has 0 amide bonds. The van der Waals surface area contributed by atoms with Crippen LogP contribution in [0.5, 0.6) is 0 Å². The Labute approximate surface area is 287 Å². The van der Waals surface area contributed by atoms with Crippen molar-refractivity contribution < 1.29 is 0 Å². The van der Waals surface area contributed by atoms with Gasteiger partial charge < -0.3 is 0 Å². The summed E-state index contributed by atoms with van der Waals surface area (Å²) in [7, 11) is 0. The molecule has 0 saturated carbocycles. The van der Waals surface area contributed by atoms with Crippen molar-refractivity contribution in [1.82, 2.24) is 0 Å². The second-order valence-corrected chi connectivity index (χ2v) is 14.1. The first-order valence-electron chi connectivity index (χ1n) is 17.5. The fourth-order valence-electron chi connectivity index (χ4n) is 9.02. The third-order valence-corrected chi connectivity index (χ3v) is 11.4. The van der Waals surface area contributed by atoms with Crippen LogP contribution >= 0.6 is 0 Å². The van der Waals surface area contributed by atoms with E-state index in [0.717, 1.165) is 0 Å². The molecule has 0 aliphatic carbocycles. The molecule has 0 nitrogen and oxygen atoms in total. The van der Waals surface area contributed by atoms with Crippen LogP contribution in [0.1, 0.15) is 0 Å². The molecule has 0 saturated heterocycles. The van der Waals surface area contributed by atoms with Crippen molar-refractivity contribution >= 4 is 118 Å². The smallest absolute Gasteiger partial charge is 0.00264 e. The zero-order chi connectivity index (χ0) is 32.5. The van der Waals surface area contributed by atoms with Crippen LogP contribution in [0.15, 0.2) is 170 Å². The van der Waals surface area contributed by atoms with E-state index >= 15 is 0 Å². The van der Waals surface area contributed by atoms with Crippen molar-refractivity contribution in [3.05, 3.63) is 170 Å². The molecule has 12 aromatic carbocycles. The summed E-state index contributed by atoms with van der Waals surface area (Å²) >= 11 is 0. The third-order valence-electron chi connectivity index (χ3n) is 11.4. The normalized spacial score (nSPS) is 12.4. The van der Waals surface area contributed by atoms with E-state index in [-0.39, 0.29) is 0 Å². The van der Waals surface area contributed by atoms with Gasteiger partial charge in [-0.1, -0.05) is 121 Å². The van der Waals surface area contributed by atoms with Crippen molar-refractivity contribution in [3.8, 4) is 0 Å². The van der Waals surface area contributed by atoms with Gasteiger partial charge in [-0.15, -0.1) is 0 Å². The van der Waals surface area contributed by atoms with Gasteiger partial charge in [0.15, 0.2) is 0 Å². The SMILES string of the molecule is c1ccc2cc3c(ccc4ccc5cc6ccc7ccc8cc9ccc%10ccc%11cc%12ccccc%12cc%11c%10c9cc8c7c6cc5c43)cc2c1. The maximum atomic E-state index is 2.48. The molecule has 0 radical (unpaired) electrons. The van der Waals surface area contributed by atoms with Gasteiger partial charge in [-0.25, -0.2) is 0 Å². The summed E-state index contributed by atoms with van der Waals surface area (Å²) in [5.74, 6) is 0. The molecule has 0 aliphatic heterocycles. The van der Waals surface area contributed by atoms with E-state index in [2.05, 4.69) is 170 Å². The molecule has 0 heterocycles. The van der Waals surface area contributed by atoms with Crippen LogP contribution in [0.2, 0.25) is 0 Å². The van der Waals surface area contributed by atoms with E-state index in [0.29, 0.717) is 0 Å². The Morgan fingerprint density at radius 1 is 0.160 bits per heavy atom. The topological polar surface area (TPSA) is 0 Å². The second kappa shape index (κ2) is 9.56. The number of fused-ring (bicyclic) bond motifs is 17. The van der Waals surface area contributed by atoms with Crippen molar-refractivity contribution in [2.75, 3.05) is 0 Å². The Morgan fingerprint density at radius 2 is 0.380 bits per heavy atom. The molecule has 12 aromatic rings. The quantitative estimate of drug-likeness (QED) is 0.116. The summed E-state index contributed by atoms with van der Waals surface area (Å²) in [5, 5.41) is 28.5. The predicted octanol–water partition coefficient (Wildman–Crippen LogP) is 14.4. The standard InChI is InChI=1S/C50H28/c1-3-7-34-25-42-36(21-32(34)5-1)15-9-29-11-17-38-23-40-19-13-31-14-20-41-24-39-18-12-30-10-16-37-22-33-6-2-4-8-35(33)26-43(37)49(30)45(39)28-47(41)50(31)46(40)27-44(38)48(29)42/h1-28H. The van der Waals surface area contributed by atoms with Crippen LogP contribution in [0.4, 0.5) is 0 Å². The number of hydrogen-bond donors (Lipinski definition) is 0. The van der Waals surface area contributed by atoms with Gasteiger partial charge in [0.1, 0.15) is 0 Å². The largest absolute Gasteiger partial charge is 0.0616 e. The van der Waals surface area contributed by atoms with Crippen LogP contribution in [0.3, 0.4) is 0 Å². The molecule has 0 N–H and O–H groups in total. The lowest BCUT2D eigenvalue weighted by atomic mass is 9.89. The van der Waals surface area contributed by atoms with Gasteiger partial charge in [0.05, 0.1) is 0 Å². The number of hydrogen-bond acceptors (Lipinski definition) is 0. The van der Waals surface area contributed by atoms with Crippen LogP contribution in [-0.4, -0.2) is 0 Å². The molecule has 0 unspecified atom stereocenters. The lowest BCUT2D eigenvalue weighted by Gasteiger charge is -2.14. The van der Waals surface area contributed by atoms with Crippen LogP contribution in [0.25, 0.3) is 118 Å². The Bertz CT molecular complexity index is 3240. The fraction of sp³-hybridized carbons (Fsp3) is 0. The average Bonchev–Trinajstić information content (AvgIpc) is 3.17. The maximum Gasteiger partial charge on any atom is -0.00264 e. The van der Waals surface area contributed by atoms with Gasteiger partial charge in [0.2, 0.25) is 0 Å². The van der Waals surface area contributed by atoms with Crippen LogP contribution < -0.4 is 0 Å². The Morgan fingerprint density at radius 3 is 0.680 bits per heavy atom. The Balaban J connectivity index is 1.24. The zero-order valence-corrected chi connectivity index (χ0v) is 27.2. The summed E-state index contributed by atoms with van der Waals surface area (Å²) in [6.07, 6.45) is 0. The molecule has 50 heavy (non-hydrogen) atoms. The molecule has 0 aromatic heterocycles. The first kappa shape index (κ1) is 26.5. The van der Waals surface area contributed by atoms with Gasteiger partial charge >= 0.3 is 0 Å². The molecule has 228 valence electrons. The molecule has 12 rings (SSSR count). The molecule has 0 atom stereocenters. The maximum absolute atomic E-state index is 2.48. The van der Waals surface area contributed by atoms with Crippen LogP contribution in [0, 0.1) is 0 Å². The molecule has 0 spiro atoms. The second-order valence-electron chi connectivity index (χ2n) is 14.1. The Hall–Kier alpha value is -6.50. The summed E-state index contributed by atoms with van der Waals surface area (Å²) in [6, 6.07) is 64.2. The van der Waals surface area contributed by atoms with Crippen LogP contribution in [-0.2, 0) is 0 Å². The minimum Gasteiger partial charge on any atom is -0.0616 e. The molecule has 0 fully saturated rings. The highest BCUT2D eigenvalue weighted by molar-refractivity contribution is 6.30. The number of benzene rings is 12. The summed E-state index contributed by atoms with van der Waals surface area (Å²) in [6.45, 7) is 0. The van der Waals surface area contributed by atoms with E-state index in [9.17, 15) is 0 Å². The first-order valence-corrected chi connectivity index (χ1v) is 17.5. The predicted molar refractivity (Wildman–Crippen MR) is 219 cm³/mol. The van der Waals surface area contributed by atoms with E-state index in [4.69, 9.17) is 0 Å². The lowest BCUT2D eigenvalue weighted by molar-refractivity contribution is 1.79. The molecular weight excluding hydrogens is 601 g/mol. The summed E-state index contributed by atoms with van der Waals surface area (Å²) < 4.78 is 0. The lowest BCUT2D eigenvalue weighted by Crippen LogP contribution is -1.87. The zero-order valence-electron chi connectivity index (χ0n) is 27.2. The van der Waals surface area contributed by atoms with Gasteiger partial charge in [-0.3, -0.25) is 0 Å². The highest BCUT2D eigenvalue weighted by Gasteiger charge is 2.14. The van der Waals surface area contributed by atoms with E-state index in [1.165, 1.54) is 118 Å². The van der Waals surface area contributed by atoms with E-state index in [1.54, 1.807) is 0 Å².